The van der Waals surface area contributed by atoms with Gasteiger partial charge < -0.3 is 20.2 Å². The van der Waals surface area contributed by atoms with Crippen molar-refractivity contribution in [2.24, 2.45) is 0 Å². The summed E-state index contributed by atoms with van der Waals surface area (Å²) in [6, 6.07) is 4.58. The highest BCUT2D eigenvalue weighted by Crippen LogP contribution is 2.29. The van der Waals surface area contributed by atoms with Gasteiger partial charge >= 0.3 is 5.82 Å². The number of nitro groups is 2. The van der Waals surface area contributed by atoms with Gasteiger partial charge in [-0.05, 0) is 11.0 Å². The molecule has 0 aliphatic carbocycles. The number of rotatable bonds is 5. The number of anilines is 1. The predicted molar refractivity (Wildman–Crippen MR) is 72.8 cm³/mol. The first kappa shape index (κ1) is 14.9. The Morgan fingerprint density at radius 2 is 2.00 bits per heavy atom. The van der Waals surface area contributed by atoms with Crippen molar-refractivity contribution in [2.75, 3.05) is 12.4 Å². The van der Waals surface area contributed by atoms with Gasteiger partial charge in [0.05, 0.1) is 29.9 Å². The molecule has 0 saturated heterocycles. The molecule has 1 amide bonds. The van der Waals surface area contributed by atoms with Gasteiger partial charge in [-0.1, -0.05) is 5.10 Å². The minimum absolute atomic E-state index is 0.0765. The summed E-state index contributed by atoms with van der Waals surface area (Å²) in [5.74, 6) is -1.08. The number of carbonyl (C=O) groups excluding carboxylic acids is 1. The maximum absolute atomic E-state index is 11.9. The Kier molecular flexibility index (Phi) is 3.97. The van der Waals surface area contributed by atoms with Crippen LogP contribution in [0.4, 0.5) is 17.2 Å². The molecule has 2 rings (SSSR count). The van der Waals surface area contributed by atoms with Crippen molar-refractivity contribution in [3.05, 3.63) is 50.2 Å². The third-order valence-electron chi connectivity index (χ3n) is 2.64. The van der Waals surface area contributed by atoms with Gasteiger partial charge in [-0.3, -0.25) is 14.9 Å². The molecule has 22 heavy (non-hydrogen) atoms. The van der Waals surface area contributed by atoms with E-state index in [0.717, 1.165) is 12.1 Å². The lowest BCUT2D eigenvalue weighted by atomic mass is 10.2. The van der Waals surface area contributed by atoms with E-state index >= 15 is 0 Å². The van der Waals surface area contributed by atoms with Gasteiger partial charge in [-0.2, -0.15) is 0 Å². The second-order valence-corrected chi connectivity index (χ2v) is 3.99. The number of benzene rings is 1. The van der Waals surface area contributed by atoms with Crippen molar-refractivity contribution < 1.29 is 19.4 Å². The van der Waals surface area contributed by atoms with Crippen LogP contribution in [0.15, 0.2) is 24.3 Å². The fraction of sp³-hybridized carbons (Fsp3) is 0.0909. The maximum Gasteiger partial charge on any atom is 0.343 e. The molecule has 0 saturated carbocycles. The van der Waals surface area contributed by atoms with E-state index in [4.69, 9.17) is 4.74 Å². The average Bonchev–Trinajstić information content (AvgIpc) is 2.97. The van der Waals surface area contributed by atoms with Crippen molar-refractivity contribution in [1.82, 2.24) is 10.2 Å². The Labute approximate surface area is 122 Å². The van der Waals surface area contributed by atoms with Crippen LogP contribution in [0, 0.1) is 20.2 Å². The first-order chi connectivity index (χ1) is 10.4. The molecule has 0 unspecified atom stereocenters. The Balaban J connectivity index is 2.23. The van der Waals surface area contributed by atoms with Crippen LogP contribution in [0.3, 0.4) is 0 Å². The highest BCUT2D eigenvalue weighted by atomic mass is 16.6. The summed E-state index contributed by atoms with van der Waals surface area (Å²) in [5, 5.41) is 29.2. The zero-order valence-electron chi connectivity index (χ0n) is 11.1. The molecule has 1 aromatic carbocycles. The minimum Gasteiger partial charge on any atom is -0.494 e. The molecule has 1 heterocycles. The number of aromatic nitrogens is 2. The summed E-state index contributed by atoms with van der Waals surface area (Å²) in [5.41, 5.74) is -0.235. The third-order valence-corrected chi connectivity index (χ3v) is 2.64. The quantitative estimate of drug-likeness (QED) is 0.626. The van der Waals surface area contributed by atoms with Crippen LogP contribution in [0.5, 0.6) is 5.75 Å². The molecule has 0 aliphatic rings. The summed E-state index contributed by atoms with van der Waals surface area (Å²) >= 11 is 0. The van der Waals surface area contributed by atoms with E-state index in [-0.39, 0.29) is 22.8 Å². The van der Waals surface area contributed by atoms with Crippen molar-refractivity contribution in [3.8, 4) is 5.75 Å². The molecule has 1 aromatic heterocycles. The van der Waals surface area contributed by atoms with Crippen LogP contribution in [0.1, 0.15) is 10.5 Å². The average molecular weight is 307 g/mol. The minimum atomic E-state index is -0.726. The SMILES string of the molecule is COc1cc([N+](=O)[O-])ccc1NC(=O)c1cc([N+](=O)[O-])[nH]n1. The zero-order valence-corrected chi connectivity index (χ0v) is 11.1. The predicted octanol–water partition coefficient (Wildman–Crippen LogP) is 1.49. The molecule has 0 atom stereocenters. The zero-order chi connectivity index (χ0) is 16.3. The second-order valence-electron chi connectivity index (χ2n) is 3.99. The van der Waals surface area contributed by atoms with Gasteiger partial charge in [-0.25, -0.2) is 0 Å². The van der Waals surface area contributed by atoms with Crippen LogP contribution in [-0.2, 0) is 0 Å². The van der Waals surface area contributed by atoms with E-state index in [9.17, 15) is 25.0 Å². The lowest BCUT2D eigenvalue weighted by Crippen LogP contribution is -2.13. The van der Waals surface area contributed by atoms with Gasteiger partial charge in [0.2, 0.25) is 0 Å². The van der Waals surface area contributed by atoms with Crippen LogP contribution in [0.2, 0.25) is 0 Å². The first-order valence-electron chi connectivity index (χ1n) is 5.76. The topological polar surface area (TPSA) is 153 Å². The lowest BCUT2D eigenvalue weighted by Gasteiger charge is -2.08. The summed E-state index contributed by atoms with van der Waals surface area (Å²) in [4.78, 5) is 31.8. The summed E-state index contributed by atoms with van der Waals surface area (Å²) in [6.07, 6.45) is 0. The van der Waals surface area contributed by atoms with E-state index in [2.05, 4.69) is 15.5 Å². The van der Waals surface area contributed by atoms with E-state index < -0.39 is 21.6 Å². The summed E-state index contributed by atoms with van der Waals surface area (Å²) in [7, 11) is 1.29. The van der Waals surface area contributed by atoms with Crippen molar-refractivity contribution in [3.63, 3.8) is 0 Å². The van der Waals surface area contributed by atoms with E-state index in [1.54, 1.807) is 0 Å². The number of nitrogens with zero attached hydrogens (tertiary/aromatic N) is 3. The molecule has 0 radical (unpaired) electrons. The van der Waals surface area contributed by atoms with Gasteiger partial charge in [0, 0.05) is 6.07 Å². The Hall–Kier alpha value is -3.50. The molecular weight excluding hydrogens is 298 g/mol. The van der Waals surface area contributed by atoms with Crippen LogP contribution >= 0.6 is 0 Å². The van der Waals surface area contributed by atoms with Crippen LogP contribution < -0.4 is 10.1 Å². The fourth-order valence-corrected chi connectivity index (χ4v) is 1.60. The monoisotopic (exact) mass is 307 g/mol. The number of amides is 1. The molecule has 0 aliphatic heterocycles. The Bertz CT molecular complexity index is 755. The molecule has 114 valence electrons. The number of methoxy groups -OCH3 is 1. The number of hydrogen-bond donors (Lipinski definition) is 2. The van der Waals surface area contributed by atoms with Gasteiger partial charge in [0.1, 0.15) is 5.75 Å². The lowest BCUT2D eigenvalue weighted by molar-refractivity contribution is -0.389. The van der Waals surface area contributed by atoms with Crippen molar-refractivity contribution in [1.29, 1.82) is 0 Å². The fourth-order valence-electron chi connectivity index (χ4n) is 1.60. The van der Waals surface area contributed by atoms with E-state index in [0.29, 0.717) is 0 Å². The molecule has 2 N–H and O–H groups in total. The number of non-ortho nitro benzene ring substituents is 1. The Morgan fingerprint density at radius 1 is 1.27 bits per heavy atom. The highest BCUT2D eigenvalue weighted by molar-refractivity contribution is 6.04. The van der Waals surface area contributed by atoms with Crippen molar-refractivity contribution in [2.45, 2.75) is 0 Å². The second kappa shape index (κ2) is 5.87. The molecule has 2 aromatic rings. The standard InChI is InChI=1S/C11H9N5O6/c1-22-9-4-6(15(18)19)2-3-7(9)12-11(17)8-5-10(14-13-8)16(20)21/h2-5H,1H3,(H,12,17)(H,13,14). The number of nitrogens with one attached hydrogen (secondary N) is 2. The number of carbonyl (C=O) groups is 1. The van der Waals surface area contributed by atoms with Crippen LogP contribution in [0.25, 0.3) is 0 Å². The molecule has 0 bridgehead atoms. The van der Waals surface area contributed by atoms with Gasteiger partial charge in [0.25, 0.3) is 11.6 Å². The van der Waals surface area contributed by atoms with Crippen molar-refractivity contribution >= 4 is 23.1 Å². The van der Waals surface area contributed by atoms with Gasteiger partial charge in [0.15, 0.2) is 5.69 Å². The third kappa shape index (κ3) is 2.98. The summed E-state index contributed by atoms with van der Waals surface area (Å²) in [6.45, 7) is 0. The smallest absolute Gasteiger partial charge is 0.343 e. The summed E-state index contributed by atoms with van der Waals surface area (Å²) < 4.78 is 4.96. The van der Waals surface area contributed by atoms with Crippen LogP contribution in [-0.4, -0.2) is 33.1 Å². The number of ether oxygens (including phenoxy) is 1. The Morgan fingerprint density at radius 3 is 2.55 bits per heavy atom. The van der Waals surface area contributed by atoms with E-state index in [1.807, 2.05) is 0 Å². The molecule has 0 fully saturated rings. The molecule has 11 nitrogen and oxygen atoms in total. The normalized spacial score (nSPS) is 10.0. The number of aromatic amines is 1. The van der Waals surface area contributed by atoms with Gasteiger partial charge in [-0.15, -0.1) is 5.10 Å². The first-order valence-corrected chi connectivity index (χ1v) is 5.76. The van der Waals surface area contributed by atoms with E-state index in [1.165, 1.54) is 19.2 Å². The molecular formula is C11H9N5O6. The molecule has 0 spiro atoms. The number of hydrogen-bond acceptors (Lipinski definition) is 7. The molecule has 11 heteroatoms. The number of nitro benzene ring substituents is 1. The number of H-pyrrole nitrogens is 1. The highest BCUT2D eigenvalue weighted by Gasteiger charge is 2.19. The largest absolute Gasteiger partial charge is 0.494 e. The maximum atomic E-state index is 11.9.